The second-order valence-electron chi connectivity index (χ2n) is 4.57. The summed E-state index contributed by atoms with van der Waals surface area (Å²) in [6.45, 7) is 3.13. The van der Waals surface area contributed by atoms with Gasteiger partial charge in [0.15, 0.2) is 0 Å². The molecule has 7 nitrogen and oxygen atoms in total. The van der Waals surface area contributed by atoms with Crippen LogP contribution in [0.25, 0.3) is 0 Å². The van der Waals surface area contributed by atoms with E-state index in [2.05, 4.69) is 20.5 Å². The van der Waals surface area contributed by atoms with Crippen LogP contribution in [-0.4, -0.2) is 40.4 Å². The van der Waals surface area contributed by atoms with Crippen molar-refractivity contribution in [2.75, 3.05) is 18.5 Å². The van der Waals surface area contributed by atoms with Crippen LogP contribution in [0.1, 0.15) is 21.8 Å². The van der Waals surface area contributed by atoms with Gasteiger partial charge in [0.25, 0.3) is 5.91 Å². The number of hydrogen-bond donors (Lipinski definition) is 1. The first-order chi connectivity index (χ1) is 10.2. The number of aromatic nitrogens is 3. The molecule has 3 rings (SSSR count). The molecule has 0 aliphatic carbocycles. The lowest BCUT2D eigenvalue weighted by molar-refractivity contribution is 0.102. The third-order valence-electron chi connectivity index (χ3n) is 2.92. The predicted octanol–water partition coefficient (Wildman–Crippen LogP) is 1.66. The van der Waals surface area contributed by atoms with E-state index >= 15 is 0 Å². The average molecular weight is 306 g/mol. The lowest BCUT2D eigenvalue weighted by Gasteiger charge is -2.10. The van der Waals surface area contributed by atoms with Crippen LogP contribution in [0.2, 0.25) is 0 Å². The second kappa shape index (κ2) is 6.15. The van der Waals surface area contributed by atoms with E-state index in [1.54, 1.807) is 12.1 Å². The van der Waals surface area contributed by atoms with E-state index in [1.165, 1.54) is 17.5 Å². The largest absolute Gasteiger partial charge is 0.472 e. The number of anilines is 1. The first-order valence-electron chi connectivity index (χ1n) is 6.52. The van der Waals surface area contributed by atoms with Crippen LogP contribution in [0.15, 0.2) is 18.3 Å². The van der Waals surface area contributed by atoms with E-state index in [0.29, 0.717) is 29.8 Å². The van der Waals surface area contributed by atoms with Crippen molar-refractivity contribution in [1.82, 2.24) is 15.2 Å². The molecule has 1 atom stereocenters. The Kier molecular flexibility index (Phi) is 4.07. The summed E-state index contributed by atoms with van der Waals surface area (Å²) in [4.78, 5) is 16.1. The topological polar surface area (TPSA) is 86.2 Å². The van der Waals surface area contributed by atoms with Gasteiger partial charge in [0.2, 0.25) is 11.0 Å². The van der Waals surface area contributed by atoms with Crippen molar-refractivity contribution in [3.05, 3.63) is 28.9 Å². The smallest absolute Gasteiger partial charge is 0.259 e. The average Bonchev–Trinajstić information content (AvgIpc) is 3.12. The minimum absolute atomic E-state index is 0.0431. The molecule has 0 saturated carbocycles. The Labute approximate surface area is 125 Å². The second-order valence-corrected chi connectivity index (χ2v) is 5.75. The fourth-order valence-electron chi connectivity index (χ4n) is 1.88. The van der Waals surface area contributed by atoms with Crippen LogP contribution < -0.4 is 10.1 Å². The molecule has 1 N–H and O–H groups in total. The van der Waals surface area contributed by atoms with Gasteiger partial charge >= 0.3 is 0 Å². The number of ether oxygens (including phenoxy) is 2. The highest BCUT2D eigenvalue weighted by Crippen LogP contribution is 2.17. The molecule has 2 aromatic heterocycles. The Bertz CT molecular complexity index is 623. The van der Waals surface area contributed by atoms with Gasteiger partial charge in [-0.2, -0.15) is 0 Å². The lowest BCUT2D eigenvalue weighted by atomic mass is 10.2. The summed E-state index contributed by atoms with van der Waals surface area (Å²) in [5.74, 6) is 0.225. The Morgan fingerprint density at radius 2 is 2.38 bits per heavy atom. The van der Waals surface area contributed by atoms with Crippen LogP contribution in [0.4, 0.5) is 5.13 Å². The first-order valence-corrected chi connectivity index (χ1v) is 7.34. The van der Waals surface area contributed by atoms with Crippen LogP contribution in [-0.2, 0) is 4.74 Å². The zero-order valence-corrected chi connectivity index (χ0v) is 12.2. The number of nitrogens with zero attached hydrogens (tertiary/aromatic N) is 3. The van der Waals surface area contributed by atoms with E-state index in [-0.39, 0.29) is 12.0 Å². The molecule has 1 saturated heterocycles. The molecule has 0 spiro atoms. The van der Waals surface area contributed by atoms with E-state index in [4.69, 9.17) is 9.47 Å². The third-order valence-corrected chi connectivity index (χ3v) is 3.67. The van der Waals surface area contributed by atoms with E-state index < -0.39 is 0 Å². The molecule has 1 fully saturated rings. The van der Waals surface area contributed by atoms with Gasteiger partial charge in [-0.05, 0) is 13.0 Å². The minimum atomic E-state index is -0.269. The number of amides is 1. The molecule has 8 heteroatoms. The summed E-state index contributed by atoms with van der Waals surface area (Å²) in [6, 6.07) is 3.35. The van der Waals surface area contributed by atoms with Crippen molar-refractivity contribution in [2.24, 2.45) is 0 Å². The van der Waals surface area contributed by atoms with Crippen LogP contribution in [0.5, 0.6) is 5.88 Å². The highest BCUT2D eigenvalue weighted by molar-refractivity contribution is 7.15. The third kappa shape index (κ3) is 3.53. The molecule has 1 unspecified atom stereocenters. The minimum Gasteiger partial charge on any atom is -0.472 e. The maximum absolute atomic E-state index is 12.0. The number of hydrogen-bond acceptors (Lipinski definition) is 7. The quantitative estimate of drug-likeness (QED) is 0.924. The van der Waals surface area contributed by atoms with E-state index in [9.17, 15) is 4.79 Å². The highest BCUT2D eigenvalue weighted by atomic mass is 32.1. The van der Waals surface area contributed by atoms with Crippen LogP contribution >= 0.6 is 11.3 Å². The van der Waals surface area contributed by atoms with Gasteiger partial charge in [0.05, 0.1) is 18.8 Å². The van der Waals surface area contributed by atoms with E-state index in [1.807, 2.05) is 6.92 Å². The molecule has 1 amide bonds. The van der Waals surface area contributed by atoms with Gasteiger partial charge in [-0.25, -0.2) is 4.98 Å². The van der Waals surface area contributed by atoms with Crippen LogP contribution in [0, 0.1) is 6.92 Å². The summed E-state index contributed by atoms with van der Waals surface area (Å²) < 4.78 is 10.9. The zero-order valence-electron chi connectivity index (χ0n) is 11.4. The number of carbonyl (C=O) groups is 1. The molecule has 21 heavy (non-hydrogen) atoms. The van der Waals surface area contributed by atoms with Gasteiger partial charge in [-0.1, -0.05) is 11.3 Å². The molecule has 3 heterocycles. The Hall–Kier alpha value is -2.06. The molecule has 1 aliphatic rings. The molecular formula is C13H14N4O3S. The van der Waals surface area contributed by atoms with Gasteiger partial charge < -0.3 is 9.47 Å². The molecular weight excluding hydrogens is 292 g/mol. The number of pyridine rings is 1. The molecule has 0 radical (unpaired) electrons. The first kappa shape index (κ1) is 13.9. The lowest BCUT2D eigenvalue weighted by Crippen LogP contribution is -2.17. The van der Waals surface area contributed by atoms with Gasteiger partial charge in [0, 0.05) is 18.7 Å². The molecule has 0 bridgehead atoms. The summed E-state index contributed by atoms with van der Waals surface area (Å²) in [5.41, 5.74) is 0.442. The van der Waals surface area contributed by atoms with Gasteiger partial charge in [-0.3, -0.25) is 10.1 Å². The molecule has 1 aliphatic heterocycles. The van der Waals surface area contributed by atoms with Crippen molar-refractivity contribution >= 4 is 22.4 Å². The number of rotatable bonds is 4. The number of nitrogens with one attached hydrogen (secondary N) is 1. The number of carbonyl (C=O) groups excluding carboxylic acids is 1. The Morgan fingerprint density at radius 3 is 3.00 bits per heavy atom. The maximum Gasteiger partial charge on any atom is 0.259 e. The Morgan fingerprint density at radius 1 is 1.48 bits per heavy atom. The van der Waals surface area contributed by atoms with Crippen LogP contribution in [0.3, 0.4) is 0 Å². The molecule has 110 valence electrons. The van der Waals surface area contributed by atoms with Gasteiger partial charge in [0.1, 0.15) is 11.1 Å². The summed E-state index contributed by atoms with van der Waals surface area (Å²) in [6.07, 6.45) is 2.39. The van der Waals surface area contributed by atoms with Gasteiger partial charge in [-0.15, -0.1) is 10.2 Å². The monoisotopic (exact) mass is 306 g/mol. The highest BCUT2D eigenvalue weighted by Gasteiger charge is 2.18. The molecule has 2 aromatic rings. The van der Waals surface area contributed by atoms with Crippen molar-refractivity contribution in [3.63, 3.8) is 0 Å². The fraction of sp³-hybridized carbons (Fsp3) is 0.385. The van der Waals surface area contributed by atoms with Crippen molar-refractivity contribution in [2.45, 2.75) is 19.4 Å². The summed E-state index contributed by atoms with van der Waals surface area (Å²) >= 11 is 1.32. The summed E-state index contributed by atoms with van der Waals surface area (Å²) in [5, 5.41) is 11.6. The van der Waals surface area contributed by atoms with E-state index in [0.717, 1.165) is 11.4 Å². The predicted molar refractivity (Wildman–Crippen MR) is 76.7 cm³/mol. The normalized spacial score (nSPS) is 17.7. The standard InChI is InChI=1S/C13H14N4O3S/c1-8-16-17-13(21-8)15-12(18)9-2-3-11(14-6-9)20-10-4-5-19-7-10/h2-3,6,10H,4-5,7H2,1H3,(H,15,17,18). The van der Waals surface area contributed by atoms with Crippen molar-refractivity contribution < 1.29 is 14.3 Å². The Balaban J connectivity index is 1.61. The summed E-state index contributed by atoms with van der Waals surface area (Å²) in [7, 11) is 0. The van der Waals surface area contributed by atoms with Crippen molar-refractivity contribution in [3.8, 4) is 5.88 Å². The zero-order chi connectivity index (χ0) is 14.7. The molecule has 0 aromatic carbocycles. The number of aryl methyl sites for hydroxylation is 1. The van der Waals surface area contributed by atoms with Crippen molar-refractivity contribution in [1.29, 1.82) is 0 Å². The SMILES string of the molecule is Cc1nnc(NC(=O)c2ccc(OC3CCOC3)nc2)s1. The fourth-order valence-corrected chi connectivity index (χ4v) is 2.46. The maximum atomic E-state index is 12.0.